The fourth-order valence-corrected chi connectivity index (χ4v) is 4.58. The van der Waals surface area contributed by atoms with Gasteiger partial charge in [0.1, 0.15) is 6.54 Å². The number of carbonyl (C=O) groups is 2. The van der Waals surface area contributed by atoms with Crippen LogP contribution in [-0.2, 0) is 21.5 Å². The van der Waals surface area contributed by atoms with Crippen LogP contribution in [0.2, 0.25) is 5.02 Å². The van der Waals surface area contributed by atoms with Crippen molar-refractivity contribution in [3.63, 3.8) is 0 Å². The third kappa shape index (κ3) is 2.59. The largest absolute Gasteiger partial charge is 0.356 e. The number of nitrogens with zero attached hydrogens (tertiary/aromatic N) is 3. The van der Waals surface area contributed by atoms with Gasteiger partial charge in [-0.15, -0.1) is 0 Å². The van der Waals surface area contributed by atoms with Gasteiger partial charge in [0.05, 0.1) is 11.9 Å². The van der Waals surface area contributed by atoms with Gasteiger partial charge in [0, 0.05) is 28.0 Å². The number of hydrogen-bond acceptors (Lipinski definition) is 3. The number of amides is 2. The molecule has 6 nitrogen and oxygen atoms in total. The highest BCUT2D eigenvalue weighted by Gasteiger charge is 2.54. The van der Waals surface area contributed by atoms with E-state index in [0.29, 0.717) is 17.1 Å². The van der Waals surface area contributed by atoms with Crippen LogP contribution in [0, 0.1) is 0 Å². The fourth-order valence-electron chi connectivity index (χ4n) is 4.40. The second kappa shape index (κ2) is 6.46. The second-order valence-electron chi connectivity index (χ2n) is 7.52. The summed E-state index contributed by atoms with van der Waals surface area (Å²) in [5.74, 6) is -0.347. The molecule has 0 spiro atoms. The van der Waals surface area contributed by atoms with Crippen LogP contribution < -0.4 is 0 Å². The molecule has 1 saturated heterocycles. The normalized spacial score (nSPS) is 21.7. The number of aromatic amines is 1. The summed E-state index contributed by atoms with van der Waals surface area (Å²) in [6.45, 7) is 2.24. The summed E-state index contributed by atoms with van der Waals surface area (Å²) in [6, 6.07) is 15.2. The molecule has 1 aromatic heterocycles. The fraction of sp³-hybridized carbons (Fsp3) is 0.227. The molecule has 1 N–H and O–H groups in total. The molecule has 1 atom stereocenters. The maximum absolute atomic E-state index is 13.5. The molecule has 0 saturated carbocycles. The molecule has 2 amide bonds. The first-order valence-corrected chi connectivity index (χ1v) is 9.89. The van der Waals surface area contributed by atoms with Crippen LogP contribution in [0.1, 0.15) is 23.7 Å². The van der Waals surface area contributed by atoms with Crippen LogP contribution in [0.15, 0.2) is 53.6 Å². The minimum atomic E-state index is -1.11. The summed E-state index contributed by atoms with van der Waals surface area (Å²) < 4.78 is 0. The predicted octanol–water partition coefficient (Wildman–Crippen LogP) is 3.30. The summed E-state index contributed by atoms with van der Waals surface area (Å²) in [6.07, 6.45) is 2.25. The average Bonchev–Trinajstić information content (AvgIpc) is 3.11. The van der Waals surface area contributed by atoms with Gasteiger partial charge in [-0.05, 0) is 31.0 Å². The molecule has 2 aromatic carbocycles. The lowest BCUT2D eigenvalue weighted by molar-refractivity contribution is -0.165. The number of hydrogen-bond donors (Lipinski definition) is 1. The maximum Gasteiger partial charge on any atom is 0.275 e. The Morgan fingerprint density at radius 3 is 2.72 bits per heavy atom. The second-order valence-corrected chi connectivity index (χ2v) is 7.93. The van der Waals surface area contributed by atoms with E-state index in [1.54, 1.807) is 17.9 Å². The Bertz CT molecular complexity index is 1180. The van der Waals surface area contributed by atoms with Gasteiger partial charge < -0.3 is 9.88 Å². The number of benzene rings is 2. The van der Waals surface area contributed by atoms with Gasteiger partial charge in [-0.2, -0.15) is 5.10 Å². The van der Waals surface area contributed by atoms with Crippen LogP contribution in [-0.4, -0.2) is 46.0 Å². The molecular weight excluding hydrogens is 388 g/mol. The molecule has 0 bridgehead atoms. The highest BCUT2D eigenvalue weighted by Crippen LogP contribution is 2.41. The van der Waals surface area contributed by atoms with Crippen molar-refractivity contribution in [2.24, 2.45) is 5.10 Å². The Balaban J connectivity index is 1.58. The molecule has 3 heterocycles. The number of aromatic nitrogens is 1. The van der Waals surface area contributed by atoms with Gasteiger partial charge in [0.25, 0.3) is 5.91 Å². The minimum Gasteiger partial charge on any atom is -0.356 e. The quantitative estimate of drug-likeness (QED) is 0.663. The summed E-state index contributed by atoms with van der Waals surface area (Å²) in [7, 11) is 0. The molecule has 2 aliphatic rings. The Morgan fingerprint density at radius 1 is 1.14 bits per heavy atom. The van der Waals surface area contributed by atoms with E-state index in [9.17, 15) is 9.59 Å². The molecular formula is C22H19ClN4O2. The van der Waals surface area contributed by atoms with E-state index in [0.717, 1.165) is 28.6 Å². The number of H-pyrrole nitrogens is 1. The number of para-hydroxylation sites is 1. The van der Waals surface area contributed by atoms with Crippen LogP contribution >= 0.6 is 11.6 Å². The Morgan fingerprint density at radius 2 is 1.90 bits per heavy atom. The number of rotatable bonds is 2. The van der Waals surface area contributed by atoms with Crippen LogP contribution in [0.5, 0.6) is 0 Å². The van der Waals surface area contributed by atoms with E-state index in [1.807, 2.05) is 42.5 Å². The number of hydrazone groups is 1. The highest BCUT2D eigenvalue weighted by molar-refractivity contribution is 6.33. The van der Waals surface area contributed by atoms with Crippen molar-refractivity contribution in [3.8, 4) is 0 Å². The Kier molecular flexibility index (Phi) is 3.99. The lowest BCUT2D eigenvalue weighted by Crippen LogP contribution is -2.65. The molecule has 7 heteroatoms. The highest BCUT2D eigenvalue weighted by atomic mass is 35.5. The number of piperazine rings is 1. The van der Waals surface area contributed by atoms with Crippen LogP contribution in [0.25, 0.3) is 10.9 Å². The SMILES string of the molecule is C[C@]12C(=O)N(/N=C\c3ccccc3Cl)CC(=O)N1CCc1c2[nH]c2ccccc12. The van der Waals surface area contributed by atoms with E-state index in [1.165, 1.54) is 11.2 Å². The number of nitrogens with one attached hydrogen (secondary N) is 1. The zero-order chi connectivity index (χ0) is 20.2. The predicted molar refractivity (Wildman–Crippen MR) is 112 cm³/mol. The summed E-state index contributed by atoms with van der Waals surface area (Å²) in [5, 5.41) is 7.21. The van der Waals surface area contributed by atoms with Gasteiger partial charge in [0.15, 0.2) is 5.54 Å². The van der Waals surface area contributed by atoms with Crippen molar-refractivity contribution < 1.29 is 9.59 Å². The van der Waals surface area contributed by atoms with Crippen molar-refractivity contribution >= 4 is 40.5 Å². The van der Waals surface area contributed by atoms with Gasteiger partial charge in [0.2, 0.25) is 5.91 Å². The van der Waals surface area contributed by atoms with Crippen molar-refractivity contribution in [2.45, 2.75) is 18.9 Å². The molecule has 5 rings (SSSR count). The summed E-state index contributed by atoms with van der Waals surface area (Å²) >= 11 is 6.18. The third-order valence-corrected chi connectivity index (χ3v) is 6.25. The molecule has 29 heavy (non-hydrogen) atoms. The Hall–Kier alpha value is -3.12. The first-order valence-electron chi connectivity index (χ1n) is 9.51. The lowest BCUT2D eigenvalue weighted by atomic mass is 9.83. The first kappa shape index (κ1) is 17.9. The van der Waals surface area contributed by atoms with Crippen LogP contribution in [0.4, 0.5) is 0 Å². The zero-order valence-corrected chi connectivity index (χ0v) is 16.6. The smallest absolute Gasteiger partial charge is 0.275 e. The van der Waals surface area contributed by atoms with E-state index in [-0.39, 0.29) is 18.4 Å². The van der Waals surface area contributed by atoms with Gasteiger partial charge in [-0.25, -0.2) is 5.01 Å². The molecule has 2 aliphatic heterocycles. The molecule has 1 fully saturated rings. The molecule has 146 valence electrons. The van der Waals surface area contributed by atoms with E-state index < -0.39 is 5.54 Å². The minimum absolute atomic E-state index is 0.0784. The lowest BCUT2D eigenvalue weighted by Gasteiger charge is -2.48. The third-order valence-electron chi connectivity index (χ3n) is 5.90. The van der Waals surface area contributed by atoms with Crippen molar-refractivity contribution in [2.75, 3.05) is 13.1 Å². The number of halogens is 1. The summed E-state index contributed by atoms with van der Waals surface area (Å²) in [4.78, 5) is 31.5. The molecule has 0 radical (unpaired) electrons. The van der Waals surface area contributed by atoms with Crippen LogP contribution in [0.3, 0.4) is 0 Å². The monoisotopic (exact) mass is 406 g/mol. The Labute approximate surface area is 172 Å². The van der Waals surface area contributed by atoms with E-state index in [2.05, 4.69) is 10.1 Å². The average molecular weight is 407 g/mol. The number of carbonyl (C=O) groups excluding carboxylic acids is 2. The summed E-state index contributed by atoms with van der Waals surface area (Å²) in [5.41, 5.74) is 2.42. The topological polar surface area (TPSA) is 68.8 Å². The van der Waals surface area contributed by atoms with E-state index in [4.69, 9.17) is 11.6 Å². The van der Waals surface area contributed by atoms with Crippen molar-refractivity contribution in [1.82, 2.24) is 14.9 Å². The van der Waals surface area contributed by atoms with Gasteiger partial charge in [-0.1, -0.05) is 48.0 Å². The van der Waals surface area contributed by atoms with Crippen molar-refractivity contribution in [3.05, 3.63) is 70.4 Å². The number of fused-ring (bicyclic) bond motifs is 5. The van der Waals surface area contributed by atoms with Crippen molar-refractivity contribution in [1.29, 1.82) is 0 Å². The van der Waals surface area contributed by atoms with Gasteiger partial charge in [-0.3, -0.25) is 9.59 Å². The van der Waals surface area contributed by atoms with Gasteiger partial charge >= 0.3 is 0 Å². The zero-order valence-electron chi connectivity index (χ0n) is 15.9. The first-order chi connectivity index (χ1) is 14.0. The molecule has 3 aromatic rings. The maximum atomic E-state index is 13.5. The molecule has 0 unspecified atom stereocenters. The standard InChI is InChI=1S/C22H19ClN4O2/c1-22-20-16(15-7-3-5-9-18(15)25-20)10-11-26(22)19(28)13-27(21(22)29)24-12-14-6-2-4-8-17(14)23/h2-9,12,25H,10-11,13H2,1H3/b24-12-/t22-/m0/s1. The molecule has 0 aliphatic carbocycles. The van der Waals surface area contributed by atoms with E-state index >= 15 is 0 Å².